The van der Waals surface area contributed by atoms with Gasteiger partial charge in [-0.15, -0.1) is 6.42 Å². The van der Waals surface area contributed by atoms with Gasteiger partial charge in [0.05, 0.1) is 6.10 Å². The molecule has 132 valence electrons. The Labute approximate surface area is 145 Å². The number of hydrogen-bond donors (Lipinski definition) is 2. The SMILES string of the molecule is C#C[C@]1(O)CC[C@H]2[C@@H]3C(=O)C[C@H]4C[C@H](O)CC[C@]4(C)[C@H]3CC[C@@]21C. The molecule has 0 radical (unpaired) electrons. The highest BCUT2D eigenvalue weighted by molar-refractivity contribution is 5.83. The Morgan fingerprint density at radius 2 is 1.83 bits per heavy atom. The van der Waals surface area contributed by atoms with Crippen molar-refractivity contribution in [1.82, 2.24) is 0 Å². The molecule has 4 fully saturated rings. The first kappa shape index (κ1) is 16.6. The quantitative estimate of drug-likeness (QED) is 0.672. The van der Waals surface area contributed by atoms with Gasteiger partial charge in [0.25, 0.3) is 0 Å². The molecule has 2 N–H and O–H groups in total. The lowest BCUT2D eigenvalue weighted by Crippen LogP contribution is -2.59. The van der Waals surface area contributed by atoms with E-state index in [1.165, 1.54) is 0 Å². The Balaban J connectivity index is 1.71. The summed E-state index contributed by atoms with van der Waals surface area (Å²) in [6, 6.07) is 0. The zero-order valence-electron chi connectivity index (χ0n) is 14.9. The van der Waals surface area contributed by atoms with Crippen LogP contribution in [0.3, 0.4) is 0 Å². The number of hydrogen-bond acceptors (Lipinski definition) is 3. The summed E-state index contributed by atoms with van der Waals surface area (Å²) < 4.78 is 0. The lowest BCUT2D eigenvalue weighted by atomic mass is 9.44. The Bertz CT molecular complexity index is 607. The smallest absolute Gasteiger partial charge is 0.136 e. The van der Waals surface area contributed by atoms with Gasteiger partial charge < -0.3 is 10.2 Å². The molecular formula is C21H30O3. The van der Waals surface area contributed by atoms with Crippen LogP contribution in [0.1, 0.15) is 65.2 Å². The number of aliphatic hydroxyl groups is 2. The van der Waals surface area contributed by atoms with E-state index in [2.05, 4.69) is 19.8 Å². The Morgan fingerprint density at radius 3 is 2.54 bits per heavy atom. The van der Waals surface area contributed by atoms with Crippen LogP contribution >= 0.6 is 0 Å². The fourth-order valence-electron chi connectivity index (χ4n) is 7.17. The van der Waals surface area contributed by atoms with Crippen LogP contribution < -0.4 is 0 Å². The van der Waals surface area contributed by atoms with Gasteiger partial charge in [-0.3, -0.25) is 4.79 Å². The summed E-state index contributed by atoms with van der Waals surface area (Å²) in [5, 5.41) is 21.1. The number of Topliss-reactive ketones (excluding diaryl/α,β-unsaturated/α-hetero) is 1. The standard InChI is InChI=1S/C21H30O3/c1-4-21(24)10-7-16-18-15(6-9-20(16,21)3)19(2)8-5-14(22)11-13(19)12-17(18)23/h1,13-16,18,22,24H,5-12H2,2-3H3/t13-,14-,15+,16+,18-,19+,20+,21+/m1/s1. The number of carbonyl (C=O) groups excluding carboxylic acids is 1. The predicted octanol–water partition coefficient (Wildman–Crippen LogP) is 2.93. The molecule has 0 aromatic rings. The molecule has 3 heteroatoms. The minimum absolute atomic E-state index is 0.0580. The maximum absolute atomic E-state index is 13.1. The van der Waals surface area contributed by atoms with E-state index in [1.54, 1.807) is 0 Å². The van der Waals surface area contributed by atoms with Crippen molar-refractivity contribution in [3.8, 4) is 12.3 Å². The van der Waals surface area contributed by atoms with Gasteiger partial charge in [0.1, 0.15) is 11.4 Å². The van der Waals surface area contributed by atoms with E-state index >= 15 is 0 Å². The number of terminal acetylenes is 1. The summed E-state index contributed by atoms with van der Waals surface area (Å²) in [7, 11) is 0. The minimum Gasteiger partial charge on any atom is -0.393 e. The third-order valence-corrected chi connectivity index (χ3v) is 8.83. The molecule has 4 saturated carbocycles. The average Bonchev–Trinajstić information content (AvgIpc) is 2.82. The molecular weight excluding hydrogens is 300 g/mol. The highest BCUT2D eigenvalue weighted by Crippen LogP contribution is 2.67. The Hall–Kier alpha value is -0.850. The average molecular weight is 330 g/mol. The van der Waals surface area contributed by atoms with E-state index in [-0.39, 0.29) is 28.8 Å². The predicted molar refractivity (Wildman–Crippen MR) is 91.9 cm³/mol. The summed E-state index contributed by atoms with van der Waals surface area (Å²) in [5.74, 6) is 4.04. The summed E-state index contributed by atoms with van der Waals surface area (Å²) in [4.78, 5) is 13.1. The van der Waals surface area contributed by atoms with Crippen molar-refractivity contribution in [1.29, 1.82) is 0 Å². The number of fused-ring (bicyclic) bond motifs is 5. The van der Waals surface area contributed by atoms with Crippen LogP contribution in [0.2, 0.25) is 0 Å². The molecule has 0 heterocycles. The second kappa shape index (κ2) is 5.08. The summed E-state index contributed by atoms with van der Waals surface area (Å²) in [6.45, 7) is 4.48. The molecule has 0 amide bonds. The van der Waals surface area contributed by atoms with E-state index in [0.29, 0.717) is 30.5 Å². The van der Waals surface area contributed by atoms with Gasteiger partial charge in [-0.05, 0) is 68.1 Å². The summed E-state index contributed by atoms with van der Waals surface area (Å²) in [5.41, 5.74) is -1.21. The van der Waals surface area contributed by atoms with Crippen LogP contribution in [-0.4, -0.2) is 27.7 Å². The summed E-state index contributed by atoms with van der Waals surface area (Å²) in [6.07, 6.45) is 12.1. The Kier molecular flexibility index (Phi) is 3.52. The number of ketones is 1. The van der Waals surface area contributed by atoms with Gasteiger partial charge in [-0.2, -0.15) is 0 Å². The van der Waals surface area contributed by atoms with Crippen LogP contribution in [0.4, 0.5) is 0 Å². The number of carbonyl (C=O) groups is 1. The highest BCUT2D eigenvalue weighted by Gasteiger charge is 2.66. The van der Waals surface area contributed by atoms with Crippen LogP contribution in [-0.2, 0) is 4.79 Å². The summed E-state index contributed by atoms with van der Waals surface area (Å²) >= 11 is 0. The lowest BCUT2D eigenvalue weighted by molar-refractivity contribution is -0.166. The molecule has 0 saturated heterocycles. The molecule has 3 nitrogen and oxygen atoms in total. The second-order valence-corrected chi connectivity index (χ2v) is 9.54. The van der Waals surface area contributed by atoms with Crippen molar-refractivity contribution >= 4 is 5.78 Å². The molecule has 0 aromatic heterocycles. The molecule has 4 aliphatic carbocycles. The van der Waals surface area contributed by atoms with E-state index in [4.69, 9.17) is 6.42 Å². The van der Waals surface area contributed by atoms with Crippen molar-refractivity contribution in [3.05, 3.63) is 0 Å². The van der Waals surface area contributed by atoms with E-state index in [0.717, 1.165) is 38.5 Å². The van der Waals surface area contributed by atoms with Gasteiger partial charge in [0.2, 0.25) is 0 Å². The van der Waals surface area contributed by atoms with Gasteiger partial charge in [-0.1, -0.05) is 19.8 Å². The second-order valence-electron chi connectivity index (χ2n) is 9.54. The van der Waals surface area contributed by atoms with Crippen molar-refractivity contribution in [2.75, 3.05) is 0 Å². The zero-order valence-corrected chi connectivity index (χ0v) is 14.9. The fraction of sp³-hybridized carbons (Fsp3) is 0.857. The molecule has 0 aromatic carbocycles. The molecule has 0 aliphatic heterocycles. The largest absolute Gasteiger partial charge is 0.393 e. The first-order valence-electron chi connectivity index (χ1n) is 9.66. The maximum Gasteiger partial charge on any atom is 0.136 e. The van der Waals surface area contributed by atoms with Crippen molar-refractivity contribution in [2.45, 2.75) is 76.9 Å². The van der Waals surface area contributed by atoms with Crippen molar-refractivity contribution in [3.63, 3.8) is 0 Å². The first-order valence-corrected chi connectivity index (χ1v) is 9.66. The first-order chi connectivity index (χ1) is 11.2. The monoisotopic (exact) mass is 330 g/mol. The number of rotatable bonds is 0. The van der Waals surface area contributed by atoms with Gasteiger partial charge in [0.15, 0.2) is 0 Å². The number of aliphatic hydroxyl groups excluding tert-OH is 1. The third kappa shape index (κ3) is 1.90. The molecule has 8 atom stereocenters. The Morgan fingerprint density at radius 1 is 1.12 bits per heavy atom. The van der Waals surface area contributed by atoms with E-state index < -0.39 is 5.60 Å². The minimum atomic E-state index is -1.05. The van der Waals surface area contributed by atoms with Crippen LogP contribution in [0, 0.1) is 46.8 Å². The fourth-order valence-corrected chi connectivity index (χ4v) is 7.17. The van der Waals surface area contributed by atoms with Gasteiger partial charge in [-0.25, -0.2) is 0 Å². The molecule has 0 unspecified atom stereocenters. The van der Waals surface area contributed by atoms with Crippen LogP contribution in [0.5, 0.6) is 0 Å². The zero-order chi connectivity index (χ0) is 17.3. The maximum atomic E-state index is 13.1. The normalized spacial score (nSPS) is 56.8. The molecule has 4 aliphatic rings. The molecule has 0 spiro atoms. The molecule has 0 bridgehead atoms. The van der Waals surface area contributed by atoms with Crippen LogP contribution in [0.25, 0.3) is 0 Å². The van der Waals surface area contributed by atoms with E-state index in [1.807, 2.05) is 0 Å². The van der Waals surface area contributed by atoms with Crippen molar-refractivity contribution in [2.24, 2.45) is 34.5 Å². The van der Waals surface area contributed by atoms with Crippen molar-refractivity contribution < 1.29 is 15.0 Å². The van der Waals surface area contributed by atoms with Gasteiger partial charge in [0, 0.05) is 17.8 Å². The van der Waals surface area contributed by atoms with Gasteiger partial charge >= 0.3 is 0 Å². The third-order valence-electron chi connectivity index (χ3n) is 8.83. The molecule has 24 heavy (non-hydrogen) atoms. The highest BCUT2D eigenvalue weighted by atomic mass is 16.3. The lowest BCUT2D eigenvalue weighted by Gasteiger charge is -2.60. The van der Waals surface area contributed by atoms with E-state index in [9.17, 15) is 15.0 Å². The molecule has 4 rings (SSSR count). The topological polar surface area (TPSA) is 57.5 Å². The van der Waals surface area contributed by atoms with Crippen LogP contribution in [0.15, 0.2) is 0 Å².